The molecule has 5 heteroatoms. The maximum Gasteiger partial charge on any atom is 0.340 e. The highest BCUT2D eigenvalue weighted by Crippen LogP contribution is 2.54. The zero-order chi connectivity index (χ0) is 17.3. The Morgan fingerprint density at radius 2 is 1.50 bits per heavy atom. The maximum absolute atomic E-state index is 12.8. The first-order chi connectivity index (χ1) is 9.67. The number of hydrogen-bond acceptors (Lipinski definition) is 2. The van der Waals surface area contributed by atoms with Crippen LogP contribution in [0.3, 0.4) is 0 Å². The third kappa shape index (κ3) is 2.26. The van der Waals surface area contributed by atoms with Crippen LogP contribution in [0.15, 0.2) is 12.3 Å². The average Bonchev–Trinajstić information content (AvgIpc) is 2.47. The molecule has 4 nitrogen and oxygen atoms in total. The van der Waals surface area contributed by atoms with Gasteiger partial charge >= 0.3 is 6.03 Å². The van der Waals surface area contributed by atoms with Crippen LogP contribution in [0.2, 0.25) is 0 Å². The summed E-state index contributed by atoms with van der Waals surface area (Å²) < 4.78 is 1.41. The summed E-state index contributed by atoms with van der Waals surface area (Å²) in [4.78, 5) is 16.9. The van der Waals surface area contributed by atoms with Gasteiger partial charge in [0.25, 0.3) is 0 Å². The van der Waals surface area contributed by atoms with E-state index in [1.54, 1.807) is 4.90 Å². The van der Waals surface area contributed by atoms with E-state index >= 15 is 0 Å². The Kier molecular flexibility index (Phi) is 3.71. The molecule has 2 aliphatic heterocycles. The van der Waals surface area contributed by atoms with Crippen LogP contribution in [0.5, 0.6) is 0 Å². The Balaban J connectivity index is 2.55. The number of amides is 2. The molecule has 2 rings (SSSR count). The first-order valence-corrected chi connectivity index (χ1v) is 8.24. The number of nitrogens with zero attached hydrogens (tertiary/aromatic N) is 3. The Morgan fingerprint density at radius 3 is 1.82 bits per heavy atom. The van der Waals surface area contributed by atoms with Gasteiger partial charge in [0.2, 0.25) is 0 Å². The zero-order valence-electron chi connectivity index (χ0n) is 15.2. The number of carbonyl (C=O) groups excluding carboxylic acids is 1. The summed E-state index contributed by atoms with van der Waals surface area (Å²) in [6.07, 6.45) is 1.56. The molecule has 1 spiro atoms. The molecule has 0 N–H and O–H groups in total. The highest BCUT2D eigenvalue weighted by molar-refractivity contribution is 6.23. The van der Waals surface area contributed by atoms with Gasteiger partial charge in [-0.05, 0) is 68.4 Å². The second-order valence-electron chi connectivity index (χ2n) is 9.09. The SMILES string of the molecule is C=C1N(C(C)(C)C)C(=O)N(Cl)C12CC(C)(C)N(C)C(C)(C)C2. The van der Waals surface area contributed by atoms with E-state index in [9.17, 15) is 4.79 Å². The van der Waals surface area contributed by atoms with Gasteiger partial charge in [-0.15, -0.1) is 0 Å². The zero-order valence-corrected chi connectivity index (χ0v) is 16.0. The van der Waals surface area contributed by atoms with E-state index in [1.165, 1.54) is 4.42 Å². The highest BCUT2D eigenvalue weighted by Gasteiger charge is 2.62. The van der Waals surface area contributed by atoms with Gasteiger partial charge in [0.1, 0.15) is 5.54 Å². The largest absolute Gasteiger partial charge is 0.340 e. The van der Waals surface area contributed by atoms with Crippen LogP contribution >= 0.6 is 11.8 Å². The minimum Gasteiger partial charge on any atom is -0.296 e. The topological polar surface area (TPSA) is 26.8 Å². The van der Waals surface area contributed by atoms with Gasteiger partial charge in [-0.25, -0.2) is 9.21 Å². The van der Waals surface area contributed by atoms with Crippen molar-refractivity contribution < 1.29 is 4.79 Å². The molecule has 0 saturated carbocycles. The fourth-order valence-corrected chi connectivity index (χ4v) is 4.59. The number of hydrogen-bond donors (Lipinski definition) is 0. The van der Waals surface area contributed by atoms with Gasteiger partial charge < -0.3 is 0 Å². The van der Waals surface area contributed by atoms with Crippen LogP contribution in [0.1, 0.15) is 61.3 Å². The fourth-order valence-electron chi connectivity index (χ4n) is 4.29. The lowest BCUT2D eigenvalue weighted by molar-refractivity contribution is -0.0499. The first kappa shape index (κ1) is 17.6. The molecule has 2 heterocycles. The van der Waals surface area contributed by atoms with E-state index in [2.05, 4.69) is 46.2 Å². The van der Waals surface area contributed by atoms with Crippen molar-refractivity contribution in [3.8, 4) is 0 Å². The predicted molar refractivity (Wildman–Crippen MR) is 91.7 cm³/mol. The van der Waals surface area contributed by atoms with E-state index in [0.29, 0.717) is 0 Å². The number of urea groups is 1. The number of carbonyl (C=O) groups is 1. The average molecular weight is 328 g/mol. The summed E-state index contributed by atoms with van der Waals surface area (Å²) >= 11 is 6.56. The summed E-state index contributed by atoms with van der Waals surface area (Å²) in [5.74, 6) is 0. The summed E-state index contributed by atoms with van der Waals surface area (Å²) in [5.41, 5.74) is -0.180. The van der Waals surface area contributed by atoms with Crippen LogP contribution < -0.4 is 0 Å². The van der Waals surface area contributed by atoms with Crippen molar-refractivity contribution in [2.24, 2.45) is 0 Å². The summed E-state index contributed by atoms with van der Waals surface area (Å²) in [7, 11) is 2.15. The Bertz CT molecular complexity index is 500. The molecule has 0 aromatic rings. The monoisotopic (exact) mass is 327 g/mol. The molecule has 0 aliphatic carbocycles. The first-order valence-electron chi connectivity index (χ1n) is 7.90. The second-order valence-corrected chi connectivity index (χ2v) is 9.42. The number of rotatable bonds is 0. The molecule has 0 bridgehead atoms. The Morgan fingerprint density at radius 1 is 1.09 bits per heavy atom. The van der Waals surface area contributed by atoms with Gasteiger partial charge in [0.15, 0.2) is 0 Å². The van der Waals surface area contributed by atoms with Crippen molar-refractivity contribution in [2.45, 2.75) is 83.5 Å². The predicted octanol–water partition coefficient (Wildman–Crippen LogP) is 4.21. The molecule has 2 aliphatic rings. The van der Waals surface area contributed by atoms with Crippen molar-refractivity contribution in [3.63, 3.8) is 0 Å². The quantitative estimate of drug-likeness (QED) is 0.623. The molecular weight excluding hydrogens is 298 g/mol. The summed E-state index contributed by atoms with van der Waals surface area (Å²) in [6, 6.07) is -0.157. The maximum atomic E-state index is 12.8. The second kappa shape index (κ2) is 4.64. The molecule has 22 heavy (non-hydrogen) atoms. The van der Waals surface area contributed by atoms with Gasteiger partial charge in [0, 0.05) is 34.1 Å². The normalized spacial score (nSPS) is 27.9. The minimum atomic E-state index is -0.522. The molecule has 0 atom stereocenters. The van der Waals surface area contributed by atoms with Gasteiger partial charge in [-0.1, -0.05) is 6.58 Å². The molecule has 2 saturated heterocycles. The van der Waals surface area contributed by atoms with Gasteiger partial charge in [0.05, 0.1) is 0 Å². The van der Waals surface area contributed by atoms with Crippen LogP contribution in [0.25, 0.3) is 0 Å². The van der Waals surface area contributed by atoms with Gasteiger partial charge in [-0.3, -0.25) is 9.80 Å². The number of halogens is 1. The molecular formula is C17H30ClN3O. The molecule has 0 unspecified atom stereocenters. The standard InChI is InChI=1S/C17H30ClN3O/c1-12-17(21(18)13(22)20(12)14(2,3)4)10-15(5,6)19(9)16(7,8)11-17/h1,10-11H2,2-9H3. The van der Waals surface area contributed by atoms with E-state index in [4.69, 9.17) is 11.8 Å². The van der Waals surface area contributed by atoms with Gasteiger partial charge in [-0.2, -0.15) is 0 Å². The molecule has 0 radical (unpaired) electrons. The lowest BCUT2D eigenvalue weighted by atomic mass is 9.68. The summed E-state index contributed by atoms with van der Waals surface area (Å²) in [5, 5.41) is 0. The Hall–Kier alpha value is -0.740. The number of piperidine rings is 1. The molecule has 0 aromatic heterocycles. The molecule has 2 amide bonds. The van der Waals surface area contributed by atoms with Crippen molar-refractivity contribution in [2.75, 3.05) is 7.05 Å². The van der Waals surface area contributed by atoms with Crippen molar-refractivity contribution >= 4 is 17.8 Å². The third-order valence-corrected chi connectivity index (χ3v) is 5.95. The molecule has 0 aromatic carbocycles. The van der Waals surface area contributed by atoms with E-state index in [1.807, 2.05) is 20.8 Å². The lowest BCUT2D eigenvalue weighted by Gasteiger charge is -2.58. The van der Waals surface area contributed by atoms with Crippen LogP contribution in [-0.4, -0.2) is 49.5 Å². The van der Waals surface area contributed by atoms with E-state index in [-0.39, 0.29) is 22.6 Å². The van der Waals surface area contributed by atoms with Crippen LogP contribution in [-0.2, 0) is 0 Å². The molecule has 2 fully saturated rings. The van der Waals surface area contributed by atoms with Crippen molar-refractivity contribution in [1.29, 1.82) is 0 Å². The smallest absolute Gasteiger partial charge is 0.296 e. The fraction of sp³-hybridized carbons (Fsp3) is 0.824. The molecule has 126 valence electrons. The summed E-state index contributed by atoms with van der Waals surface area (Å²) in [6.45, 7) is 19.2. The van der Waals surface area contributed by atoms with Crippen molar-refractivity contribution in [1.82, 2.24) is 14.2 Å². The third-order valence-electron chi connectivity index (χ3n) is 5.48. The lowest BCUT2D eigenvalue weighted by Crippen LogP contribution is -2.66. The number of likely N-dealkylation sites (tertiary alicyclic amines) is 1. The van der Waals surface area contributed by atoms with Crippen LogP contribution in [0.4, 0.5) is 4.79 Å². The van der Waals surface area contributed by atoms with E-state index in [0.717, 1.165) is 18.5 Å². The highest BCUT2D eigenvalue weighted by atomic mass is 35.5. The van der Waals surface area contributed by atoms with Crippen molar-refractivity contribution in [3.05, 3.63) is 12.3 Å². The van der Waals surface area contributed by atoms with Crippen LogP contribution in [0, 0.1) is 0 Å². The minimum absolute atomic E-state index is 0.0774. The Labute approximate surface area is 140 Å². The van der Waals surface area contributed by atoms with E-state index < -0.39 is 5.54 Å².